The van der Waals surface area contributed by atoms with Crippen LogP contribution in [0, 0.1) is 5.92 Å². The first-order chi connectivity index (χ1) is 7.33. The van der Waals surface area contributed by atoms with Crippen LogP contribution in [0.3, 0.4) is 0 Å². The minimum Gasteiger partial charge on any atom is -0.444 e. The van der Waals surface area contributed by atoms with Gasteiger partial charge in [0, 0.05) is 18.3 Å². The topological polar surface area (TPSA) is 49.8 Å². The summed E-state index contributed by atoms with van der Waals surface area (Å²) in [4.78, 5) is 13.3. The smallest absolute Gasteiger partial charge is 0.410 e. The maximum absolute atomic E-state index is 11.7. The van der Waals surface area contributed by atoms with Gasteiger partial charge in [-0.05, 0) is 27.2 Å². The van der Waals surface area contributed by atoms with Crippen LogP contribution in [0.5, 0.6) is 0 Å². The molecule has 0 radical (unpaired) electrons. The first kappa shape index (κ1) is 13.6. The van der Waals surface area contributed by atoms with Gasteiger partial charge in [-0.15, -0.1) is 11.6 Å². The van der Waals surface area contributed by atoms with Crippen molar-refractivity contribution in [1.82, 2.24) is 4.90 Å². The molecule has 1 amide bonds. The van der Waals surface area contributed by atoms with E-state index in [1.807, 2.05) is 20.8 Å². The number of ether oxygens (including phenoxy) is 1. The summed E-state index contributed by atoms with van der Waals surface area (Å²) >= 11 is 5.71. The third-order valence-corrected chi connectivity index (χ3v) is 2.97. The summed E-state index contributed by atoms with van der Waals surface area (Å²) < 4.78 is 5.24. The number of piperidine rings is 1. The molecule has 0 saturated carbocycles. The third kappa shape index (κ3) is 3.83. The van der Waals surface area contributed by atoms with E-state index in [0.29, 0.717) is 19.0 Å². The molecule has 1 N–H and O–H groups in total. The number of likely N-dealkylation sites (tertiary alicyclic amines) is 1. The van der Waals surface area contributed by atoms with Crippen molar-refractivity contribution in [1.29, 1.82) is 0 Å². The number of rotatable bonds is 1. The molecule has 1 heterocycles. The maximum Gasteiger partial charge on any atom is 0.410 e. The molecule has 2 atom stereocenters. The van der Waals surface area contributed by atoms with Crippen molar-refractivity contribution in [3.05, 3.63) is 0 Å². The van der Waals surface area contributed by atoms with Crippen LogP contribution in [0.15, 0.2) is 0 Å². The van der Waals surface area contributed by atoms with E-state index in [1.165, 1.54) is 0 Å². The second-order valence-electron chi connectivity index (χ2n) is 5.20. The van der Waals surface area contributed by atoms with Gasteiger partial charge in [-0.3, -0.25) is 0 Å². The van der Waals surface area contributed by atoms with Gasteiger partial charge in [0.1, 0.15) is 5.60 Å². The van der Waals surface area contributed by atoms with Gasteiger partial charge < -0.3 is 14.7 Å². The van der Waals surface area contributed by atoms with Crippen molar-refractivity contribution in [2.45, 2.75) is 38.9 Å². The summed E-state index contributed by atoms with van der Waals surface area (Å²) in [7, 11) is 0. The fraction of sp³-hybridized carbons (Fsp3) is 0.909. The van der Waals surface area contributed by atoms with Crippen molar-refractivity contribution < 1.29 is 14.6 Å². The highest BCUT2D eigenvalue weighted by atomic mass is 35.5. The molecule has 0 bridgehead atoms. The highest BCUT2D eigenvalue weighted by Crippen LogP contribution is 2.21. The molecule has 4 nitrogen and oxygen atoms in total. The number of nitrogens with zero attached hydrogens (tertiary/aromatic N) is 1. The Morgan fingerprint density at radius 1 is 1.56 bits per heavy atom. The molecular formula is C11H20ClNO3. The van der Waals surface area contributed by atoms with Crippen LogP contribution < -0.4 is 0 Å². The molecule has 1 aliphatic heterocycles. The highest BCUT2D eigenvalue weighted by Gasteiger charge is 2.31. The fourth-order valence-electron chi connectivity index (χ4n) is 1.65. The Morgan fingerprint density at radius 2 is 2.19 bits per heavy atom. The summed E-state index contributed by atoms with van der Waals surface area (Å²) in [5.74, 6) is 0.518. The van der Waals surface area contributed by atoms with Gasteiger partial charge in [-0.2, -0.15) is 0 Å². The zero-order valence-corrected chi connectivity index (χ0v) is 10.8. The number of hydrogen-bond donors (Lipinski definition) is 1. The number of carbonyl (C=O) groups excluding carboxylic acids is 1. The number of halogens is 1. The van der Waals surface area contributed by atoms with Crippen LogP contribution >= 0.6 is 11.6 Å². The summed E-state index contributed by atoms with van der Waals surface area (Å²) in [6.45, 7) is 6.39. The number of alkyl halides is 1. The van der Waals surface area contributed by atoms with Gasteiger partial charge in [0.05, 0.1) is 12.6 Å². The lowest BCUT2D eigenvalue weighted by Gasteiger charge is -2.35. The molecule has 1 rings (SSSR count). The molecule has 0 aromatic heterocycles. The second-order valence-corrected chi connectivity index (χ2v) is 5.51. The van der Waals surface area contributed by atoms with E-state index in [0.717, 1.165) is 6.42 Å². The van der Waals surface area contributed by atoms with Gasteiger partial charge in [-0.1, -0.05) is 0 Å². The van der Waals surface area contributed by atoms with Crippen LogP contribution in [0.4, 0.5) is 4.79 Å². The predicted molar refractivity (Wildman–Crippen MR) is 62.6 cm³/mol. The van der Waals surface area contributed by atoms with Crippen LogP contribution in [-0.2, 0) is 4.74 Å². The molecule has 1 saturated heterocycles. The second kappa shape index (κ2) is 5.23. The lowest BCUT2D eigenvalue weighted by Crippen LogP contribution is -2.48. The maximum atomic E-state index is 11.7. The van der Waals surface area contributed by atoms with E-state index in [9.17, 15) is 9.90 Å². The molecule has 1 fully saturated rings. The number of hydrogen-bond acceptors (Lipinski definition) is 3. The predicted octanol–water partition coefficient (Wildman–Crippen LogP) is 1.84. The Morgan fingerprint density at radius 3 is 2.62 bits per heavy atom. The average Bonchev–Trinajstić information content (AvgIpc) is 2.15. The molecule has 0 spiro atoms. The summed E-state index contributed by atoms with van der Waals surface area (Å²) in [5.41, 5.74) is -0.495. The lowest BCUT2D eigenvalue weighted by molar-refractivity contribution is -0.00893. The number of β-amino-alcohol motifs (C(OH)–C–C–N with tert-alkyl or cyclic N) is 1. The van der Waals surface area contributed by atoms with E-state index in [4.69, 9.17) is 16.3 Å². The van der Waals surface area contributed by atoms with Crippen LogP contribution in [0.1, 0.15) is 27.2 Å². The highest BCUT2D eigenvalue weighted by molar-refractivity contribution is 6.18. The van der Waals surface area contributed by atoms with Crippen LogP contribution in [0.25, 0.3) is 0 Å². The summed E-state index contributed by atoms with van der Waals surface area (Å²) in [6, 6.07) is 0. The Hall–Kier alpha value is -0.480. The zero-order chi connectivity index (χ0) is 12.3. The Balaban J connectivity index is 2.48. The Bertz CT molecular complexity index is 252. The van der Waals surface area contributed by atoms with Crippen LogP contribution in [-0.4, -0.2) is 46.8 Å². The van der Waals surface area contributed by atoms with Crippen molar-refractivity contribution in [2.24, 2.45) is 5.92 Å². The molecule has 94 valence electrons. The summed E-state index contributed by atoms with van der Waals surface area (Å²) in [5, 5.41) is 9.75. The first-order valence-electron chi connectivity index (χ1n) is 5.55. The Labute approximate surface area is 102 Å². The van der Waals surface area contributed by atoms with Gasteiger partial charge in [0.2, 0.25) is 0 Å². The molecule has 0 aliphatic carbocycles. The Kier molecular flexibility index (Phi) is 4.44. The minimum absolute atomic E-state index is 0.0837. The average molecular weight is 250 g/mol. The largest absolute Gasteiger partial charge is 0.444 e. The number of aliphatic hydroxyl groups excluding tert-OH is 1. The molecule has 16 heavy (non-hydrogen) atoms. The SMILES string of the molecule is CC(C)(C)OC(=O)N1CCC(CCl)C(O)C1. The quantitative estimate of drug-likeness (QED) is 0.722. The molecular weight excluding hydrogens is 230 g/mol. The normalized spacial score (nSPS) is 26.7. The van der Waals surface area contributed by atoms with Crippen molar-refractivity contribution >= 4 is 17.7 Å². The van der Waals surface area contributed by atoms with E-state index in [1.54, 1.807) is 4.90 Å². The van der Waals surface area contributed by atoms with E-state index in [2.05, 4.69) is 0 Å². The standard InChI is InChI=1S/C11H20ClNO3/c1-11(2,3)16-10(15)13-5-4-8(6-12)9(14)7-13/h8-9,14H,4-7H2,1-3H3. The summed E-state index contributed by atoms with van der Waals surface area (Å²) in [6.07, 6.45) is -0.178. The van der Waals surface area contributed by atoms with Crippen molar-refractivity contribution in [3.63, 3.8) is 0 Å². The number of carbonyl (C=O) groups is 1. The van der Waals surface area contributed by atoms with Crippen molar-refractivity contribution in [2.75, 3.05) is 19.0 Å². The van der Waals surface area contributed by atoms with Gasteiger partial charge in [0.25, 0.3) is 0 Å². The zero-order valence-electron chi connectivity index (χ0n) is 10.1. The van der Waals surface area contributed by atoms with Gasteiger partial charge >= 0.3 is 6.09 Å². The van der Waals surface area contributed by atoms with Crippen molar-refractivity contribution in [3.8, 4) is 0 Å². The van der Waals surface area contributed by atoms with Crippen LogP contribution in [0.2, 0.25) is 0 Å². The molecule has 0 aromatic rings. The van der Waals surface area contributed by atoms with E-state index < -0.39 is 11.7 Å². The molecule has 5 heteroatoms. The molecule has 2 unspecified atom stereocenters. The van der Waals surface area contributed by atoms with Gasteiger partial charge in [0.15, 0.2) is 0 Å². The molecule has 1 aliphatic rings. The number of amides is 1. The van der Waals surface area contributed by atoms with E-state index >= 15 is 0 Å². The fourth-order valence-corrected chi connectivity index (χ4v) is 2.01. The van der Waals surface area contributed by atoms with E-state index in [-0.39, 0.29) is 12.0 Å². The number of aliphatic hydroxyl groups is 1. The monoisotopic (exact) mass is 249 g/mol. The minimum atomic E-state index is -0.543. The van der Waals surface area contributed by atoms with Gasteiger partial charge in [-0.25, -0.2) is 4.79 Å². The lowest BCUT2D eigenvalue weighted by atomic mass is 9.96. The first-order valence-corrected chi connectivity index (χ1v) is 6.09. The third-order valence-electron chi connectivity index (χ3n) is 2.57. The molecule has 0 aromatic carbocycles.